The zero-order valence-electron chi connectivity index (χ0n) is 10.6. The standard InChI is InChI=1S/C13H18F3NO/c1-3-18-12-7-5-4-6-11(12)9-17-10(2)8-13(14,15)16/h4-7,10,17H,3,8-9H2,1-2H3. The van der Waals surface area contributed by atoms with Crippen LogP contribution >= 0.6 is 0 Å². The normalized spacial score (nSPS) is 13.4. The molecule has 0 aromatic heterocycles. The predicted molar refractivity (Wildman–Crippen MR) is 64.6 cm³/mol. The SMILES string of the molecule is CCOc1ccccc1CNC(C)CC(F)(F)F. The van der Waals surface area contributed by atoms with Gasteiger partial charge in [0.15, 0.2) is 0 Å². The van der Waals surface area contributed by atoms with Crippen LogP contribution in [0, 0.1) is 0 Å². The van der Waals surface area contributed by atoms with Gasteiger partial charge in [-0.25, -0.2) is 0 Å². The molecule has 1 N–H and O–H groups in total. The van der Waals surface area contributed by atoms with Crippen LogP contribution in [0.3, 0.4) is 0 Å². The Morgan fingerprint density at radius 1 is 1.28 bits per heavy atom. The second kappa shape index (κ2) is 6.64. The van der Waals surface area contributed by atoms with Gasteiger partial charge in [0, 0.05) is 18.2 Å². The van der Waals surface area contributed by atoms with E-state index in [0.29, 0.717) is 18.9 Å². The van der Waals surface area contributed by atoms with Gasteiger partial charge in [-0.05, 0) is 19.9 Å². The van der Waals surface area contributed by atoms with E-state index in [1.54, 1.807) is 0 Å². The van der Waals surface area contributed by atoms with E-state index >= 15 is 0 Å². The summed E-state index contributed by atoms with van der Waals surface area (Å²) < 4.78 is 41.9. The third kappa shape index (κ3) is 5.40. The monoisotopic (exact) mass is 261 g/mol. The molecule has 1 atom stereocenters. The summed E-state index contributed by atoms with van der Waals surface area (Å²) >= 11 is 0. The molecular weight excluding hydrogens is 243 g/mol. The lowest BCUT2D eigenvalue weighted by Crippen LogP contribution is -2.30. The first kappa shape index (κ1) is 14.8. The lowest BCUT2D eigenvalue weighted by Gasteiger charge is -2.17. The van der Waals surface area contributed by atoms with E-state index in [4.69, 9.17) is 4.74 Å². The lowest BCUT2D eigenvalue weighted by molar-refractivity contribution is -0.139. The minimum Gasteiger partial charge on any atom is -0.494 e. The highest BCUT2D eigenvalue weighted by Crippen LogP contribution is 2.22. The van der Waals surface area contributed by atoms with Gasteiger partial charge in [-0.15, -0.1) is 0 Å². The predicted octanol–water partition coefficient (Wildman–Crippen LogP) is 3.52. The summed E-state index contributed by atoms with van der Waals surface area (Å²) in [6, 6.07) is 6.73. The van der Waals surface area contributed by atoms with Crippen molar-refractivity contribution in [2.24, 2.45) is 0 Å². The van der Waals surface area contributed by atoms with Crippen molar-refractivity contribution in [2.75, 3.05) is 6.61 Å². The van der Waals surface area contributed by atoms with Crippen molar-refractivity contribution in [1.29, 1.82) is 0 Å². The Kier molecular flexibility index (Phi) is 5.47. The molecule has 102 valence electrons. The molecule has 0 aliphatic carbocycles. The number of hydrogen-bond donors (Lipinski definition) is 1. The largest absolute Gasteiger partial charge is 0.494 e. The topological polar surface area (TPSA) is 21.3 Å². The molecule has 0 aliphatic heterocycles. The molecule has 1 unspecified atom stereocenters. The van der Waals surface area contributed by atoms with Gasteiger partial charge in [0.1, 0.15) is 5.75 Å². The number of nitrogens with one attached hydrogen (secondary N) is 1. The minimum atomic E-state index is -4.13. The van der Waals surface area contributed by atoms with Crippen molar-refractivity contribution in [3.05, 3.63) is 29.8 Å². The number of alkyl halides is 3. The second-order valence-electron chi connectivity index (χ2n) is 4.14. The zero-order valence-corrected chi connectivity index (χ0v) is 10.6. The molecule has 18 heavy (non-hydrogen) atoms. The lowest BCUT2D eigenvalue weighted by atomic mass is 10.1. The Morgan fingerprint density at radius 3 is 2.56 bits per heavy atom. The van der Waals surface area contributed by atoms with E-state index in [1.165, 1.54) is 6.92 Å². The van der Waals surface area contributed by atoms with E-state index in [0.717, 1.165) is 5.56 Å². The molecule has 0 saturated carbocycles. The van der Waals surface area contributed by atoms with Crippen LogP contribution in [-0.2, 0) is 6.54 Å². The van der Waals surface area contributed by atoms with E-state index in [-0.39, 0.29) is 0 Å². The van der Waals surface area contributed by atoms with E-state index in [2.05, 4.69) is 5.32 Å². The molecule has 0 spiro atoms. The van der Waals surface area contributed by atoms with Gasteiger partial charge in [0.05, 0.1) is 13.0 Å². The maximum absolute atomic E-state index is 12.2. The molecule has 0 aliphatic rings. The summed E-state index contributed by atoms with van der Waals surface area (Å²) in [5.41, 5.74) is 0.869. The molecule has 1 aromatic rings. The molecule has 1 rings (SSSR count). The van der Waals surface area contributed by atoms with Crippen LogP contribution in [0.2, 0.25) is 0 Å². The molecule has 0 radical (unpaired) electrons. The number of halogens is 3. The molecule has 0 saturated heterocycles. The van der Waals surface area contributed by atoms with Gasteiger partial charge in [0.25, 0.3) is 0 Å². The number of ether oxygens (including phenoxy) is 1. The molecule has 0 fully saturated rings. The Hall–Kier alpha value is -1.23. The number of rotatable bonds is 6. The van der Waals surface area contributed by atoms with E-state index in [9.17, 15) is 13.2 Å². The van der Waals surface area contributed by atoms with Crippen LogP contribution in [-0.4, -0.2) is 18.8 Å². The average molecular weight is 261 g/mol. The first-order valence-electron chi connectivity index (χ1n) is 5.93. The molecule has 0 heterocycles. The van der Waals surface area contributed by atoms with Crippen molar-refractivity contribution >= 4 is 0 Å². The molecule has 0 amide bonds. The third-order valence-corrected chi connectivity index (χ3v) is 2.45. The summed E-state index contributed by atoms with van der Waals surface area (Å²) in [6.07, 6.45) is -4.96. The van der Waals surface area contributed by atoms with Gasteiger partial charge in [-0.2, -0.15) is 13.2 Å². The molecule has 0 bridgehead atoms. The molecule has 1 aromatic carbocycles. The van der Waals surface area contributed by atoms with Crippen LogP contribution in [0.15, 0.2) is 24.3 Å². The van der Waals surface area contributed by atoms with Gasteiger partial charge < -0.3 is 10.1 Å². The van der Waals surface area contributed by atoms with Crippen molar-refractivity contribution in [3.63, 3.8) is 0 Å². The fourth-order valence-electron chi connectivity index (χ4n) is 1.65. The summed E-state index contributed by atoms with van der Waals surface area (Å²) in [6.45, 7) is 4.30. The van der Waals surface area contributed by atoms with Gasteiger partial charge in [-0.1, -0.05) is 18.2 Å². The Labute approximate surface area is 105 Å². The molecule has 5 heteroatoms. The van der Waals surface area contributed by atoms with Crippen molar-refractivity contribution in [1.82, 2.24) is 5.32 Å². The smallest absolute Gasteiger partial charge is 0.390 e. The summed E-state index contributed by atoms with van der Waals surface area (Å²) in [5.74, 6) is 0.715. The Morgan fingerprint density at radius 2 is 1.94 bits per heavy atom. The van der Waals surface area contributed by atoms with Crippen LogP contribution in [0.1, 0.15) is 25.8 Å². The fraction of sp³-hybridized carbons (Fsp3) is 0.538. The summed E-state index contributed by atoms with van der Waals surface area (Å²) in [5, 5.41) is 2.85. The van der Waals surface area contributed by atoms with E-state index in [1.807, 2.05) is 31.2 Å². The van der Waals surface area contributed by atoms with Crippen LogP contribution in [0.5, 0.6) is 5.75 Å². The Balaban J connectivity index is 2.52. The summed E-state index contributed by atoms with van der Waals surface area (Å²) in [4.78, 5) is 0. The highest BCUT2D eigenvalue weighted by Gasteiger charge is 2.29. The van der Waals surface area contributed by atoms with Gasteiger partial charge in [-0.3, -0.25) is 0 Å². The number of hydrogen-bond acceptors (Lipinski definition) is 2. The highest BCUT2D eigenvalue weighted by molar-refractivity contribution is 5.33. The van der Waals surface area contributed by atoms with Crippen molar-refractivity contribution in [2.45, 2.75) is 39.0 Å². The minimum absolute atomic E-state index is 0.368. The highest BCUT2D eigenvalue weighted by atomic mass is 19.4. The number of para-hydroxylation sites is 1. The maximum atomic E-state index is 12.2. The van der Waals surface area contributed by atoms with Crippen molar-refractivity contribution < 1.29 is 17.9 Å². The van der Waals surface area contributed by atoms with Gasteiger partial charge in [0.2, 0.25) is 0 Å². The van der Waals surface area contributed by atoms with Crippen LogP contribution < -0.4 is 10.1 Å². The maximum Gasteiger partial charge on any atom is 0.390 e. The van der Waals surface area contributed by atoms with Gasteiger partial charge >= 0.3 is 6.18 Å². The second-order valence-corrected chi connectivity index (χ2v) is 4.14. The first-order chi connectivity index (χ1) is 8.42. The van der Waals surface area contributed by atoms with Crippen LogP contribution in [0.25, 0.3) is 0 Å². The molecular formula is C13H18F3NO. The van der Waals surface area contributed by atoms with Crippen LogP contribution in [0.4, 0.5) is 13.2 Å². The average Bonchev–Trinajstić information content (AvgIpc) is 2.26. The number of benzene rings is 1. The fourth-order valence-corrected chi connectivity index (χ4v) is 1.65. The molecule has 2 nitrogen and oxygen atoms in total. The Bertz CT molecular complexity index is 365. The quantitative estimate of drug-likeness (QED) is 0.846. The summed E-state index contributed by atoms with van der Waals surface area (Å²) in [7, 11) is 0. The third-order valence-electron chi connectivity index (χ3n) is 2.45. The zero-order chi connectivity index (χ0) is 13.6. The van der Waals surface area contributed by atoms with Crippen molar-refractivity contribution in [3.8, 4) is 5.75 Å². The van der Waals surface area contributed by atoms with E-state index < -0.39 is 18.6 Å². The first-order valence-corrected chi connectivity index (χ1v) is 5.93.